The molecule has 12 heavy (non-hydrogen) atoms. The topological polar surface area (TPSA) is 0 Å². The lowest BCUT2D eigenvalue weighted by atomic mass is 9.92. The van der Waals surface area contributed by atoms with E-state index in [4.69, 9.17) is 0 Å². The van der Waals surface area contributed by atoms with Crippen molar-refractivity contribution in [3.63, 3.8) is 0 Å². The molecule has 0 fully saturated rings. The molecule has 1 aliphatic rings. The molecule has 0 aromatic heterocycles. The van der Waals surface area contributed by atoms with Crippen LogP contribution in [-0.2, 0) is 12.8 Å². The summed E-state index contributed by atoms with van der Waals surface area (Å²) in [6, 6.07) is 8.69. The molecule has 0 spiro atoms. The van der Waals surface area contributed by atoms with Crippen LogP contribution in [-0.4, -0.2) is 9.65 Å². The molecule has 0 heterocycles. The Hall–Kier alpha value is 0.180. The second-order valence-electron chi connectivity index (χ2n) is 3.21. The van der Waals surface area contributed by atoms with Crippen molar-refractivity contribution >= 4 is 31.9 Å². The van der Waals surface area contributed by atoms with Crippen LogP contribution in [0, 0.1) is 0 Å². The first-order valence-electron chi connectivity index (χ1n) is 4.12. The minimum Gasteiger partial charge on any atom is -0.0875 e. The Morgan fingerprint density at radius 1 is 0.917 bits per heavy atom. The number of hydrogen-bond donors (Lipinski definition) is 0. The lowest BCUT2D eigenvalue weighted by Crippen LogP contribution is -2.25. The summed E-state index contributed by atoms with van der Waals surface area (Å²) >= 11 is 7.35. The first kappa shape index (κ1) is 8.76. The maximum atomic E-state index is 3.68. The van der Waals surface area contributed by atoms with Gasteiger partial charge in [-0.1, -0.05) is 56.1 Å². The van der Waals surface area contributed by atoms with Gasteiger partial charge in [-0.25, -0.2) is 0 Å². The number of fused-ring (bicyclic) bond motifs is 1. The zero-order chi connectivity index (χ0) is 8.55. The van der Waals surface area contributed by atoms with Crippen LogP contribution in [0.1, 0.15) is 11.1 Å². The molecule has 1 aromatic carbocycles. The predicted molar refractivity (Wildman–Crippen MR) is 59.3 cm³/mol. The van der Waals surface area contributed by atoms with E-state index in [0.717, 1.165) is 12.8 Å². The molecule has 2 rings (SSSR count). The smallest absolute Gasteiger partial charge is 0.0314 e. The largest absolute Gasteiger partial charge is 0.0875 e. The third kappa shape index (κ3) is 1.60. The van der Waals surface area contributed by atoms with E-state index in [1.54, 1.807) is 0 Å². The molecule has 0 radical (unpaired) electrons. The number of rotatable bonds is 0. The van der Waals surface area contributed by atoms with E-state index < -0.39 is 0 Å². The Balaban J connectivity index is 2.34. The highest BCUT2D eigenvalue weighted by Crippen LogP contribution is 2.29. The second kappa shape index (κ2) is 3.51. The monoisotopic (exact) mass is 288 g/mol. The lowest BCUT2D eigenvalue weighted by molar-refractivity contribution is 0.738. The molecule has 0 saturated carbocycles. The molecule has 0 nitrogen and oxygen atoms in total. The van der Waals surface area contributed by atoms with Gasteiger partial charge in [-0.05, 0) is 24.0 Å². The van der Waals surface area contributed by atoms with Gasteiger partial charge in [0.05, 0.1) is 0 Å². The van der Waals surface area contributed by atoms with Gasteiger partial charge in [0.15, 0.2) is 0 Å². The van der Waals surface area contributed by atoms with Gasteiger partial charge in [0.25, 0.3) is 0 Å². The van der Waals surface area contributed by atoms with Gasteiger partial charge in [-0.3, -0.25) is 0 Å². The third-order valence-corrected chi connectivity index (χ3v) is 4.97. The van der Waals surface area contributed by atoms with Gasteiger partial charge >= 0.3 is 0 Å². The minimum absolute atomic E-state index is 0.590. The summed E-state index contributed by atoms with van der Waals surface area (Å²) in [5.74, 6) is 0. The van der Waals surface area contributed by atoms with E-state index >= 15 is 0 Å². The van der Waals surface area contributed by atoms with Crippen molar-refractivity contribution in [1.82, 2.24) is 0 Å². The molecular weight excluding hydrogens is 280 g/mol. The minimum atomic E-state index is 0.590. The van der Waals surface area contributed by atoms with Crippen molar-refractivity contribution in [2.75, 3.05) is 0 Å². The summed E-state index contributed by atoms with van der Waals surface area (Å²) in [5, 5.41) is 0. The zero-order valence-electron chi connectivity index (χ0n) is 6.63. The molecule has 1 aliphatic carbocycles. The number of benzene rings is 1. The molecule has 0 bridgehead atoms. The second-order valence-corrected chi connectivity index (χ2v) is 5.56. The summed E-state index contributed by atoms with van der Waals surface area (Å²) in [5.41, 5.74) is 2.99. The van der Waals surface area contributed by atoms with Crippen LogP contribution >= 0.6 is 31.9 Å². The Morgan fingerprint density at radius 3 is 1.75 bits per heavy atom. The fourth-order valence-corrected chi connectivity index (χ4v) is 2.70. The normalized spacial score (nSPS) is 28.2. The summed E-state index contributed by atoms with van der Waals surface area (Å²) in [4.78, 5) is 1.18. The van der Waals surface area contributed by atoms with Crippen LogP contribution < -0.4 is 0 Å². The Morgan fingerprint density at radius 2 is 1.33 bits per heavy atom. The molecule has 0 unspecified atom stereocenters. The van der Waals surface area contributed by atoms with Crippen molar-refractivity contribution in [2.45, 2.75) is 22.5 Å². The van der Waals surface area contributed by atoms with Crippen LogP contribution in [0.5, 0.6) is 0 Å². The quantitative estimate of drug-likeness (QED) is 0.643. The first-order valence-corrected chi connectivity index (χ1v) is 5.95. The lowest BCUT2D eigenvalue weighted by Gasteiger charge is -2.25. The Bertz CT molecular complexity index is 254. The number of halogens is 2. The fourth-order valence-electron chi connectivity index (χ4n) is 1.63. The Kier molecular flexibility index (Phi) is 2.56. The van der Waals surface area contributed by atoms with Crippen molar-refractivity contribution in [1.29, 1.82) is 0 Å². The highest BCUT2D eigenvalue weighted by Gasteiger charge is 2.23. The Labute approximate surface area is 89.6 Å². The maximum absolute atomic E-state index is 3.68. The highest BCUT2D eigenvalue weighted by molar-refractivity contribution is 9.12. The SMILES string of the molecule is Br[C@H]1Cc2ccccc2C[C@@H]1Br. The van der Waals surface area contributed by atoms with Crippen molar-refractivity contribution in [3.05, 3.63) is 35.4 Å². The molecule has 64 valence electrons. The van der Waals surface area contributed by atoms with Crippen LogP contribution in [0.3, 0.4) is 0 Å². The van der Waals surface area contributed by atoms with E-state index in [2.05, 4.69) is 56.1 Å². The fraction of sp³-hybridized carbons (Fsp3) is 0.400. The first-order chi connectivity index (χ1) is 5.77. The standard InChI is InChI=1S/C10H10Br2/c11-9-5-7-3-1-2-4-8(7)6-10(9)12/h1-4,9-10H,5-6H2/t9-,10-/m0/s1. The van der Waals surface area contributed by atoms with Gasteiger partial charge in [0, 0.05) is 9.65 Å². The van der Waals surface area contributed by atoms with Gasteiger partial charge in [0.1, 0.15) is 0 Å². The van der Waals surface area contributed by atoms with E-state index in [0.29, 0.717) is 9.65 Å². The highest BCUT2D eigenvalue weighted by atomic mass is 79.9. The average molecular weight is 290 g/mol. The average Bonchev–Trinajstić information content (AvgIpc) is 2.07. The van der Waals surface area contributed by atoms with Gasteiger partial charge in [-0.15, -0.1) is 0 Å². The van der Waals surface area contributed by atoms with Crippen LogP contribution in [0.25, 0.3) is 0 Å². The zero-order valence-corrected chi connectivity index (χ0v) is 9.81. The summed E-state index contributed by atoms with van der Waals surface area (Å²) < 4.78 is 0. The van der Waals surface area contributed by atoms with Gasteiger partial charge in [0.2, 0.25) is 0 Å². The molecule has 0 aliphatic heterocycles. The van der Waals surface area contributed by atoms with Crippen LogP contribution in [0.2, 0.25) is 0 Å². The van der Waals surface area contributed by atoms with E-state index in [9.17, 15) is 0 Å². The van der Waals surface area contributed by atoms with Crippen LogP contribution in [0.15, 0.2) is 24.3 Å². The maximum Gasteiger partial charge on any atom is 0.0314 e. The molecule has 1 aromatic rings. The summed E-state index contributed by atoms with van der Waals surface area (Å²) in [7, 11) is 0. The molecular formula is C10H10Br2. The summed E-state index contributed by atoms with van der Waals surface area (Å²) in [6.07, 6.45) is 2.29. The van der Waals surface area contributed by atoms with Gasteiger partial charge in [-0.2, -0.15) is 0 Å². The third-order valence-electron chi connectivity index (χ3n) is 2.34. The molecule has 2 atom stereocenters. The predicted octanol–water partition coefficient (Wildman–Crippen LogP) is 3.31. The van der Waals surface area contributed by atoms with Gasteiger partial charge < -0.3 is 0 Å². The van der Waals surface area contributed by atoms with E-state index in [1.165, 1.54) is 11.1 Å². The molecule has 0 N–H and O–H groups in total. The number of alkyl halides is 2. The van der Waals surface area contributed by atoms with Crippen molar-refractivity contribution in [3.8, 4) is 0 Å². The van der Waals surface area contributed by atoms with Crippen molar-refractivity contribution in [2.24, 2.45) is 0 Å². The van der Waals surface area contributed by atoms with E-state index in [-0.39, 0.29) is 0 Å². The summed E-state index contributed by atoms with van der Waals surface area (Å²) in [6.45, 7) is 0. The molecule has 2 heteroatoms. The molecule has 0 amide bonds. The van der Waals surface area contributed by atoms with E-state index in [1.807, 2.05) is 0 Å². The molecule has 0 saturated heterocycles. The van der Waals surface area contributed by atoms with Crippen molar-refractivity contribution < 1.29 is 0 Å². The van der Waals surface area contributed by atoms with Crippen LogP contribution in [0.4, 0.5) is 0 Å². The number of hydrogen-bond acceptors (Lipinski definition) is 0.